The summed E-state index contributed by atoms with van der Waals surface area (Å²) in [4.78, 5) is 16.0. The van der Waals surface area contributed by atoms with E-state index in [2.05, 4.69) is 10.3 Å². The summed E-state index contributed by atoms with van der Waals surface area (Å²) in [5.74, 6) is 0.384. The average Bonchev–Trinajstić information content (AvgIpc) is 2.62. The minimum absolute atomic E-state index is 0.0316. The van der Waals surface area contributed by atoms with Crippen LogP contribution in [0.1, 0.15) is 35.4 Å². The molecule has 1 amide bonds. The Morgan fingerprint density at radius 3 is 2.74 bits per heavy atom. The molecule has 0 unspecified atom stereocenters. The van der Waals surface area contributed by atoms with E-state index in [0.29, 0.717) is 24.2 Å². The van der Waals surface area contributed by atoms with Crippen LogP contribution in [0.4, 0.5) is 13.2 Å². The first kappa shape index (κ1) is 18.9. The monoisotopic (exact) mass is 376 g/mol. The van der Waals surface area contributed by atoms with E-state index >= 15 is 0 Å². The molecule has 1 saturated carbocycles. The first-order valence-corrected chi connectivity index (χ1v) is 8.50. The van der Waals surface area contributed by atoms with Crippen LogP contribution in [0.5, 0.6) is 5.75 Å². The van der Waals surface area contributed by atoms with Gasteiger partial charge in [-0.05, 0) is 48.1 Å². The number of halogens is 3. The Kier molecular flexibility index (Phi) is 5.48. The first-order valence-electron chi connectivity index (χ1n) is 8.50. The Labute approximate surface area is 155 Å². The molecule has 1 aromatic heterocycles. The Balaban J connectivity index is 1.51. The number of nitrogens with zero attached hydrogens (tertiary/aromatic N) is 1. The zero-order valence-electron chi connectivity index (χ0n) is 14.7. The Morgan fingerprint density at radius 2 is 2.04 bits per heavy atom. The van der Waals surface area contributed by atoms with E-state index in [1.807, 2.05) is 0 Å². The van der Waals surface area contributed by atoms with E-state index in [9.17, 15) is 18.0 Å². The van der Waals surface area contributed by atoms with Crippen LogP contribution >= 0.6 is 0 Å². The quantitative estimate of drug-likeness (QED) is 0.797. The van der Waals surface area contributed by atoms with Gasteiger partial charge in [0.2, 0.25) is 5.91 Å². The predicted octanol–water partition coefficient (Wildman–Crippen LogP) is 4.18. The van der Waals surface area contributed by atoms with Gasteiger partial charge in [0.05, 0.1) is 18.9 Å². The molecule has 1 aromatic carbocycles. The highest BCUT2D eigenvalue weighted by Gasteiger charge is 2.34. The second-order valence-corrected chi connectivity index (χ2v) is 6.49. The van der Waals surface area contributed by atoms with Crippen molar-refractivity contribution in [3.8, 4) is 5.75 Å². The average molecular weight is 376 g/mol. The molecule has 0 radical (unpaired) electrons. The molecule has 1 heterocycles. The fraction of sp³-hybridized carbons (Fsp3) is 0.300. The molecule has 0 spiro atoms. The van der Waals surface area contributed by atoms with Crippen LogP contribution in [0, 0.1) is 0 Å². The van der Waals surface area contributed by atoms with Crippen LogP contribution in [0.15, 0.2) is 48.8 Å². The summed E-state index contributed by atoms with van der Waals surface area (Å²) in [5, 5.41) is 2.86. The van der Waals surface area contributed by atoms with Crippen molar-refractivity contribution in [2.75, 3.05) is 7.11 Å². The van der Waals surface area contributed by atoms with Crippen LogP contribution in [-0.4, -0.2) is 24.0 Å². The highest BCUT2D eigenvalue weighted by molar-refractivity contribution is 5.92. The smallest absolute Gasteiger partial charge is 0.416 e. The zero-order valence-corrected chi connectivity index (χ0v) is 14.7. The number of hydrogen-bond donors (Lipinski definition) is 1. The van der Waals surface area contributed by atoms with Crippen LogP contribution in [0.3, 0.4) is 0 Å². The van der Waals surface area contributed by atoms with E-state index in [0.717, 1.165) is 11.6 Å². The molecule has 2 aromatic rings. The number of alkyl halides is 3. The van der Waals surface area contributed by atoms with Gasteiger partial charge >= 0.3 is 6.18 Å². The van der Waals surface area contributed by atoms with Crippen molar-refractivity contribution in [1.29, 1.82) is 0 Å². The van der Waals surface area contributed by atoms with E-state index in [4.69, 9.17) is 4.74 Å². The van der Waals surface area contributed by atoms with Gasteiger partial charge in [-0.2, -0.15) is 13.2 Å². The highest BCUT2D eigenvalue weighted by atomic mass is 19.4. The topological polar surface area (TPSA) is 51.2 Å². The van der Waals surface area contributed by atoms with Gasteiger partial charge < -0.3 is 10.1 Å². The number of rotatable bonds is 5. The van der Waals surface area contributed by atoms with Gasteiger partial charge in [-0.25, -0.2) is 0 Å². The summed E-state index contributed by atoms with van der Waals surface area (Å²) < 4.78 is 43.5. The molecular weight excluding hydrogens is 357 g/mol. The number of methoxy groups -OCH3 is 1. The van der Waals surface area contributed by atoms with Crippen molar-refractivity contribution in [2.45, 2.75) is 31.0 Å². The summed E-state index contributed by atoms with van der Waals surface area (Å²) in [7, 11) is 1.54. The van der Waals surface area contributed by atoms with Gasteiger partial charge in [-0.15, -0.1) is 0 Å². The molecule has 27 heavy (non-hydrogen) atoms. The van der Waals surface area contributed by atoms with Crippen molar-refractivity contribution < 1.29 is 22.7 Å². The summed E-state index contributed by atoms with van der Waals surface area (Å²) >= 11 is 0. The summed E-state index contributed by atoms with van der Waals surface area (Å²) in [6.07, 6.45) is 3.14. The molecule has 3 rings (SSSR count). The lowest BCUT2D eigenvalue weighted by molar-refractivity contribution is -0.137. The van der Waals surface area contributed by atoms with Gasteiger partial charge in [0.1, 0.15) is 5.75 Å². The van der Waals surface area contributed by atoms with E-state index in [1.54, 1.807) is 30.6 Å². The molecule has 142 valence electrons. The molecule has 1 aliphatic rings. The third-order valence-corrected chi connectivity index (χ3v) is 4.57. The van der Waals surface area contributed by atoms with Gasteiger partial charge in [-0.3, -0.25) is 9.78 Å². The number of carbonyl (C=O) groups excluding carboxylic acids is 1. The number of nitrogens with one attached hydrogen (secondary N) is 1. The maximum absolute atomic E-state index is 12.8. The van der Waals surface area contributed by atoms with Gasteiger partial charge in [0.25, 0.3) is 0 Å². The molecule has 0 atom stereocenters. The molecule has 1 aliphatic carbocycles. The van der Waals surface area contributed by atoms with Crippen molar-refractivity contribution in [1.82, 2.24) is 10.3 Å². The lowest BCUT2D eigenvalue weighted by atomic mass is 9.75. The second-order valence-electron chi connectivity index (χ2n) is 6.49. The number of carbonyl (C=O) groups is 1. The molecule has 1 fully saturated rings. The number of aromatic nitrogens is 1. The number of benzene rings is 1. The third kappa shape index (κ3) is 4.87. The van der Waals surface area contributed by atoms with Crippen molar-refractivity contribution in [2.24, 2.45) is 0 Å². The lowest BCUT2D eigenvalue weighted by Gasteiger charge is -2.36. The standard InChI is InChI=1S/C20H19F3N2O2/c1-27-18-7-13(11-24-12-18)5-6-19(26)25-17-9-15(10-17)14-3-2-4-16(8-14)20(21,22)23/h2-8,11-12,15,17H,9-10H2,1H3,(H,25,26)/b6-5+. The van der Waals surface area contributed by atoms with Gasteiger partial charge in [0.15, 0.2) is 0 Å². The Bertz CT molecular complexity index is 843. The number of ether oxygens (including phenoxy) is 1. The second kappa shape index (κ2) is 7.82. The summed E-state index contributed by atoms with van der Waals surface area (Å²) in [6.45, 7) is 0. The molecular formula is C20H19F3N2O2. The minimum atomic E-state index is -4.34. The summed E-state index contributed by atoms with van der Waals surface area (Å²) in [6, 6.07) is 7.11. The Morgan fingerprint density at radius 1 is 1.26 bits per heavy atom. The van der Waals surface area contributed by atoms with E-state index in [1.165, 1.54) is 25.3 Å². The SMILES string of the molecule is COc1cncc(/C=C/C(=O)NC2CC(c3cccc(C(F)(F)F)c3)C2)c1. The van der Waals surface area contributed by atoms with Crippen LogP contribution in [0.25, 0.3) is 6.08 Å². The maximum Gasteiger partial charge on any atom is 0.416 e. The van der Waals surface area contributed by atoms with E-state index in [-0.39, 0.29) is 17.9 Å². The summed E-state index contributed by atoms with van der Waals surface area (Å²) in [5.41, 5.74) is 0.760. The highest BCUT2D eigenvalue weighted by Crippen LogP contribution is 2.39. The van der Waals surface area contributed by atoms with Gasteiger partial charge in [0, 0.05) is 18.3 Å². The molecule has 0 saturated heterocycles. The van der Waals surface area contributed by atoms with Crippen molar-refractivity contribution >= 4 is 12.0 Å². The fourth-order valence-corrected chi connectivity index (χ4v) is 3.04. The zero-order chi connectivity index (χ0) is 19.4. The third-order valence-electron chi connectivity index (χ3n) is 4.57. The van der Waals surface area contributed by atoms with Crippen LogP contribution < -0.4 is 10.1 Å². The number of hydrogen-bond acceptors (Lipinski definition) is 3. The molecule has 4 nitrogen and oxygen atoms in total. The first-order chi connectivity index (χ1) is 12.8. The fourth-order valence-electron chi connectivity index (χ4n) is 3.04. The number of pyridine rings is 1. The van der Waals surface area contributed by atoms with E-state index < -0.39 is 11.7 Å². The molecule has 7 heteroatoms. The molecule has 1 N–H and O–H groups in total. The molecule has 0 bridgehead atoms. The largest absolute Gasteiger partial charge is 0.495 e. The number of amides is 1. The van der Waals surface area contributed by atoms with Crippen molar-refractivity contribution in [3.05, 3.63) is 65.5 Å². The predicted molar refractivity (Wildman–Crippen MR) is 95.2 cm³/mol. The normalized spacial score (nSPS) is 19.6. The molecule has 0 aliphatic heterocycles. The Hall–Kier alpha value is -2.83. The minimum Gasteiger partial charge on any atom is -0.495 e. The maximum atomic E-state index is 12.8. The van der Waals surface area contributed by atoms with Crippen LogP contribution in [0.2, 0.25) is 0 Å². The van der Waals surface area contributed by atoms with Gasteiger partial charge in [-0.1, -0.05) is 18.2 Å². The van der Waals surface area contributed by atoms with Crippen LogP contribution in [-0.2, 0) is 11.0 Å². The lowest BCUT2D eigenvalue weighted by Crippen LogP contribution is -2.42. The van der Waals surface area contributed by atoms with Crippen molar-refractivity contribution in [3.63, 3.8) is 0 Å².